The number of hydrogen-bond donors (Lipinski definition) is 0. The first-order valence-corrected chi connectivity index (χ1v) is 13.0. The Bertz CT molecular complexity index is 1600. The molecular formula is C30H30N2O5S. The van der Waals surface area contributed by atoms with E-state index in [1.54, 1.807) is 31.2 Å². The lowest BCUT2D eigenvalue weighted by Gasteiger charge is -2.24. The number of ether oxygens (including phenoxy) is 2. The van der Waals surface area contributed by atoms with E-state index in [1.807, 2.05) is 18.2 Å². The number of fused-ring (bicyclic) bond motifs is 1. The molecule has 2 aromatic carbocycles. The van der Waals surface area contributed by atoms with E-state index in [1.165, 1.54) is 34.5 Å². The summed E-state index contributed by atoms with van der Waals surface area (Å²) in [5.41, 5.74) is 3.25. The molecular weight excluding hydrogens is 500 g/mol. The van der Waals surface area contributed by atoms with Crippen molar-refractivity contribution in [3.63, 3.8) is 0 Å². The highest BCUT2D eigenvalue weighted by atomic mass is 32.1. The third kappa shape index (κ3) is 5.60. The lowest BCUT2D eigenvalue weighted by Crippen LogP contribution is -2.39. The van der Waals surface area contributed by atoms with Gasteiger partial charge in [-0.05, 0) is 47.2 Å². The molecule has 4 rings (SSSR count). The van der Waals surface area contributed by atoms with Crippen molar-refractivity contribution >= 4 is 29.4 Å². The molecule has 38 heavy (non-hydrogen) atoms. The number of allylic oxidation sites excluding steroid dienone is 1. The number of carbonyl (C=O) groups is 2. The van der Waals surface area contributed by atoms with Crippen LogP contribution in [0.5, 0.6) is 5.75 Å². The van der Waals surface area contributed by atoms with Crippen LogP contribution in [0.3, 0.4) is 0 Å². The second-order valence-corrected chi connectivity index (χ2v) is 11.0. The molecule has 0 N–H and O–H groups in total. The predicted molar refractivity (Wildman–Crippen MR) is 148 cm³/mol. The minimum atomic E-state index is -0.764. The number of rotatable bonds is 6. The molecule has 0 fully saturated rings. The average molecular weight is 531 g/mol. The number of benzene rings is 2. The molecule has 7 nitrogen and oxygen atoms in total. The molecule has 0 bridgehead atoms. The fraction of sp³-hybridized carbons (Fsp3) is 0.267. The summed E-state index contributed by atoms with van der Waals surface area (Å²) in [6.07, 6.45) is 3.32. The number of carbonyl (C=O) groups excluding carboxylic acids is 2. The van der Waals surface area contributed by atoms with Gasteiger partial charge in [0.2, 0.25) is 0 Å². The summed E-state index contributed by atoms with van der Waals surface area (Å²) < 4.78 is 12.5. The molecule has 2 heterocycles. The number of esters is 2. The largest absolute Gasteiger partial charge is 0.458 e. The summed E-state index contributed by atoms with van der Waals surface area (Å²) in [4.78, 5) is 43.3. The van der Waals surface area contributed by atoms with Gasteiger partial charge in [-0.1, -0.05) is 81.2 Å². The van der Waals surface area contributed by atoms with E-state index in [0.717, 1.165) is 5.56 Å². The zero-order chi connectivity index (χ0) is 27.6. The van der Waals surface area contributed by atoms with Gasteiger partial charge in [0.05, 0.1) is 21.8 Å². The second-order valence-electron chi connectivity index (χ2n) is 10.0. The average Bonchev–Trinajstić information content (AvgIpc) is 3.16. The van der Waals surface area contributed by atoms with E-state index in [4.69, 9.17) is 9.47 Å². The van der Waals surface area contributed by atoms with E-state index in [9.17, 15) is 14.4 Å². The summed E-state index contributed by atoms with van der Waals surface area (Å²) in [6.45, 7) is 13.1. The molecule has 1 atom stereocenters. The van der Waals surface area contributed by atoms with Crippen molar-refractivity contribution in [3.8, 4) is 5.75 Å². The van der Waals surface area contributed by atoms with E-state index in [0.29, 0.717) is 26.3 Å². The summed E-state index contributed by atoms with van der Waals surface area (Å²) in [5.74, 6) is -0.651. The molecule has 0 unspecified atom stereocenters. The Morgan fingerprint density at radius 2 is 1.76 bits per heavy atom. The molecule has 8 heteroatoms. The lowest BCUT2D eigenvalue weighted by atomic mass is 9.87. The Morgan fingerprint density at radius 1 is 1.11 bits per heavy atom. The van der Waals surface area contributed by atoms with E-state index in [-0.39, 0.29) is 23.2 Å². The molecule has 0 saturated heterocycles. The van der Waals surface area contributed by atoms with Crippen LogP contribution >= 0.6 is 11.3 Å². The van der Waals surface area contributed by atoms with E-state index >= 15 is 0 Å². The fourth-order valence-electron chi connectivity index (χ4n) is 4.23. The normalized spacial score (nSPS) is 15.5. The summed E-state index contributed by atoms with van der Waals surface area (Å²) in [7, 11) is 0. The minimum Gasteiger partial charge on any atom is -0.458 e. The van der Waals surface area contributed by atoms with Crippen molar-refractivity contribution < 1.29 is 19.1 Å². The highest BCUT2D eigenvalue weighted by Gasteiger charge is 2.33. The third-order valence-corrected chi connectivity index (χ3v) is 7.09. The van der Waals surface area contributed by atoms with Gasteiger partial charge >= 0.3 is 11.9 Å². The van der Waals surface area contributed by atoms with Crippen LogP contribution in [0, 0.1) is 0 Å². The van der Waals surface area contributed by atoms with Crippen molar-refractivity contribution in [3.05, 3.63) is 109 Å². The molecule has 0 radical (unpaired) electrons. The fourth-order valence-corrected chi connectivity index (χ4v) is 5.27. The minimum absolute atomic E-state index is 0.0248. The quantitative estimate of drug-likeness (QED) is 0.271. The maximum absolute atomic E-state index is 13.8. The lowest BCUT2D eigenvalue weighted by molar-refractivity contribution is -0.138. The van der Waals surface area contributed by atoms with Crippen LogP contribution in [0.1, 0.15) is 57.4 Å². The summed E-state index contributed by atoms with van der Waals surface area (Å²) in [5, 5.41) is 0. The highest BCUT2D eigenvalue weighted by molar-refractivity contribution is 7.07. The molecule has 1 aliphatic rings. The zero-order valence-corrected chi connectivity index (χ0v) is 22.9. The molecule has 1 aliphatic heterocycles. The first-order valence-electron chi connectivity index (χ1n) is 12.2. The Balaban J connectivity index is 1.85. The van der Waals surface area contributed by atoms with Crippen molar-refractivity contribution in [1.82, 2.24) is 4.57 Å². The topological polar surface area (TPSA) is 87.0 Å². The molecule has 3 aromatic rings. The van der Waals surface area contributed by atoms with Crippen molar-refractivity contribution in [2.24, 2.45) is 4.99 Å². The number of aromatic nitrogens is 1. The summed E-state index contributed by atoms with van der Waals surface area (Å²) >= 11 is 1.27. The van der Waals surface area contributed by atoms with Crippen molar-refractivity contribution in [1.29, 1.82) is 0 Å². The smallest absolute Gasteiger partial charge is 0.338 e. The molecule has 0 spiro atoms. The van der Waals surface area contributed by atoms with Crippen LogP contribution in [0.2, 0.25) is 0 Å². The maximum Gasteiger partial charge on any atom is 0.338 e. The zero-order valence-electron chi connectivity index (χ0n) is 22.1. The molecule has 1 aromatic heterocycles. The number of nitrogens with zero attached hydrogens (tertiary/aromatic N) is 2. The summed E-state index contributed by atoms with van der Waals surface area (Å²) in [6, 6.07) is 14.1. The standard InChI is InChI=1S/C30H30N2O5S/c1-7-16-36-28(35)25-18(2)31-29-32(26(25)21-10-14-23(15-11-21)37-19(3)33)27(34)24(38-29)17-20-8-12-22(13-9-20)30(4,5)6/h7-15,17,26H,1,16H2,2-6H3/b24-17+/t26-/m1/s1. The van der Waals surface area contributed by atoms with Crippen LogP contribution < -0.4 is 19.6 Å². The van der Waals surface area contributed by atoms with Gasteiger partial charge in [-0.3, -0.25) is 14.2 Å². The van der Waals surface area contributed by atoms with Gasteiger partial charge in [0.1, 0.15) is 12.4 Å². The van der Waals surface area contributed by atoms with Gasteiger partial charge in [-0.25, -0.2) is 9.79 Å². The van der Waals surface area contributed by atoms with E-state index < -0.39 is 18.0 Å². The van der Waals surface area contributed by atoms with Crippen molar-refractivity contribution in [2.75, 3.05) is 6.61 Å². The molecule has 196 valence electrons. The van der Waals surface area contributed by atoms with Crippen LogP contribution in [0.25, 0.3) is 6.08 Å². The van der Waals surface area contributed by atoms with E-state index in [2.05, 4.69) is 44.5 Å². The van der Waals surface area contributed by atoms with Gasteiger partial charge in [-0.15, -0.1) is 0 Å². The Morgan fingerprint density at radius 3 is 2.34 bits per heavy atom. The van der Waals surface area contributed by atoms with Gasteiger partial charge in [0.15, 0.2) is 4.80 Å². The third-order valence-electron chi connectivity index (χ3n) is 6.11. The SMILES string of the molecule is C=CCOC(=O)C1=C(C)N=c2s/c(=C/c3ccc(C(C)(C)C)cc3)c(=O)n2[C@@H]1c1ccc(OC(C)=O)cc1. The van der Waals surface area contributed by atoms with Gasteiger partial charge < -0.3 is 9.47 Å². The first-order chi connectivity index (χ1) is 18.0. The molecule has 0 amide bonds. The van der Waals surface area contributed by atoms with Crippen LogP contribution in [0.4, 0.5) is 0 Å². The number of thiazole rings is 1. The molecule has 0 aliphatic carbocycles. The van der Waals surface area contributed by atoms with Crippen LogP contribution in [0.15, 0.2) is 82.2 Å². The van der Waals surface area contributed by atoms with Gasteiger partial charge in [0, 0.05) is 6.92 Å². The van der Waals surface area contributed by atoms with Crippen LogP contribution in [-0.4, -0.2) is 23.1 Å². The monoisotopic (exact) mass is 530 g/mol. The molecule has 0 saturated carbocycles. The van der Waals surface area contributed by atoms with Crippen molar-refractivity contribution in [2.45, 2.75) is 46.1 Å². The number of hydrogen-bond acceptors (Lipinski definition) is 7. The highest BCUT2D eigenvalue weighted by Crippen LogP contribution is 2.31. The Kier molecular flexibility index (Phi) is 7.64. The van der Waals surface area contributed by atoms with Gasteiger partial charge in [-0.2, -0.15) is 0 Å². The Labute approximate surface area is 225 Å². The Hall–Kier alpha value is -4.04. The van der Waals surface area contributed by atoms with Gasteiger partial charge in [0.25, 0.3) is 5.56 Å². The predicted octanol–water partition coefficient (Wildman–Crippen LogP) is 4.19. The second kappa shape index (κ2) is 10.8. The maximum atomic E-state index is 13.8. The first kappa shape index (κ1) is 27.0. The van der Waals surface area contributed by atoms with Crippen LogP contribution in [-0.2, 0) is 19.7 Å².